The Morgan fingerprint density at radius 3 is 2.24 bits per heavy atom. The van der Waals surface area contributed by atoms with Crippen molar-refractivity contribution >= 4 is 17.9 Å². The number of nitriles is 1. The van der Waals surface area contributed by atoms with Gasteiger partial charge in [-0.2, -0.15) is 5.26 Å². The van der Waals surface area contributed by atoms with E-state index in [1.807, 2.05) is 19.9 Å². The molecule has 1 aromatic carbocycles. The maximum atomic E-state index is 13.3. The van der Waals surface area contributed by atoms with Crippen molar-refractivity contribution in [3.8, 4) is 18.4 Å². The number of alkyl carbamates (subject to hydrolysis) is 1. The number of hydrogen-bond donors (Lipinski definition) is 2. The van der Waals surface area contributed by atoms with Crippen LogP contribution in [0.2, 0.25) is 0 Å². The zero-order valence-corrected chi connectivity index (χ0v) is 20.3. The number of terminal acetylenes is 1. The molecule has 3 amide bonds. The molecule has 0 radical (unpaired) electrons. The summed E-state index contributed by atoms with van der Waals surface area (Å²) in [6.45, 7) is 10.1. The van der Waals surface area contributed by atoms with Crippen molar-refractivity contribution in [2.75, 3.05) is 6.54 Å². The molecule has 0 aliphatic carbocycles. The van der Waals surface area contributed by atoms with Gasteiger partial charge in [-0.1, -0.05) is 31.4 Å². The first kappa shape index (κ1) is 27.5. The summed E-state index contributed by atoms with van der Waals surface area (Å²) >= 11 is 0. The molecule has 8 nitrogen and oxygen atoms in total. The van der Waals surface area contributed by atoms with Crippen molar-refractivity contribution < 1.29 is 19.1 Å². The molecule has 0 aliphatic rings. The number of benzene rings is 1. The lowest BCUT2D eigenvalue weighted by Gasteiger charge is -2.32. The Balaban J connectivity index is 3.28. The third-order valence-electron chi connectivity index (χ3n) is 4.69. The van der Waals surface area contributed by atoms with Gasteiger partial charge in [-0.05, 0) is 58.7 Å². The van der Waals surface area contributed by atoms with Crippen LogP contribution >= 0.6 is 0 Å². The van der Waals surface area contributed by atoms with Gasteiger partial charge in [0.2, 0.25) is 11.8 Å². The molecule has 1 rings (SSSR count). The number of carbonyl (C=O) groups excluding carboxylic acids is 3. The standard InChI is InChI=1S/C25H34N4O4/c1-8-10-17(3)27-22(30)21(20-13-11-19(9-2)12-14-20)29(16-15-26)23(31)18(4)28-24(32)33-25(5,6)7/h2,11-14,17-18,21H,8,10,16H2,1,3-7H3,(H,27,30)(H,28,32). The van der Waals surface area contributed by atoms with Gasteiger partial charge >= 0.3 is 6.09 Å². The fourth-order valence-electron chi connectivity index (χ4n) is 3.23. The van der Waals surface area contributed by atoms with Crippen LogP contribution in [0, 0.1) is 23.7 Å². The molecule has 33 heavy (non-hydrogen) atoms. The lowest BCUT2D eigenvalue weighted by Crippen LogP contribution is -2.52. The predicted octanol–water partition coefficient (Wildman–Crippen LogP) is 3.28. The average molecular weight is 455 g/mol. The van der Waals surface area contributed by atoms with E-state index < -0.39 is 35.6 Å². The SMILES string of the molecule is C#Cc1ccc(C(C(=O)NC(C)CCC)N(CC#N)C(=O)C(C)NC(=O)OC(C)(C)C)cc1. The van der Waals surface area contributed by atoms with Crippen LogP contribution < -0.4 is 10.6 Å². The molecule has 0 fully saturated rings. The van der Waals surface area contributed by atoms with Gasteiger partial charge in [0.25, 0.3) is 0 Å². The summed E-state index contributed by atoms with van der Waals surface area (Å²) in [7, 11) is 0. The number of ether oxygens (including phenoxy) is 1. The first-order valence-corrected chi connectivity index (χ1v) is 11.0. The fourth-order valence-corrected chi connectivity index (χ4v) is 3.23. The summed E-state index contributed by atoms with van der Waals surface area (Å²) in [6.07, 6.45) is 6.30. The summed E-state index contributed by atoms with van der Waals surface area (Å²) in [4.78, 5) is 39.9. The number of nitrogens with one attached hydrogen (secondary N) is 2. The number of rotatable bonds is 9. The van der Waals surface area contributed by atoms with Gasteiger partial charge in [-0.3, -0.25) is 9.59 Å². The summed E-state index contributed by atoms with van der Waals surface area (Å²) in [6, 6.07) is 6.39. The minimum Gasteiger partial charge on any atom is -0.444 e. The highest BCUT2D eigenvalue weighted by Gasteiger charge is 2.35. The monoisotopic (exact) mass is 454 g/mol. The lowest BCUT2D eigenvalue weighted by molar-refractivity contribution is -0.141. The molecule has 1 aromatic rings. The number of amides is 3. The van der Waals surface area contributed by atoms with E-state index in [1.165, 1.54) is 6.92 Å². The maximum Gasteiger partial charge on any atom is 0.408 e. The molecule has 3 atom stereocenters. The van der Waals surface area contributed by atoms with E-state index in [0.717, 1.165) is 17.7 Å². The number of nitrogens with zero attached hydrogens (tertiary/aromatic N) is 2. The quantitative estimate of drug-likeness (QED) is 0.439. The zero-order valence-electron chi connectivity index (χ0n) is 20.3. The normalized spacial score (nSPS) is 13.5. The average Bonchev–Trinajstić information content (AvgIpc) is 2.72. The second-order valence-electron chi connectivity index (χ2n) is 8.86. The summed E-state index contributed by atoms with van der Waals surface area (Å²) < 4.78 is 5.21. The van der Waals surface area contributed by atoms with Gasteiger partial charge in [0.15, 0.2) is 0 Å². The Bertz CT molecular complexity index is 906. The number of hydrogen-bond acceptors (Lipinski definition) is 5. The predicted molar refractivity (Wildman–Crippen MR) is 126 cm³/mol. The van der Waals surface area contributed by atoms with E-state index in [0.29, 0.717) is 11.1 Å². The molecule has 0 saturated heterocycles. The van der Waals surface area contributed by atoms with Gasteiger partial charge in [0.1, 0.15) is 24.2 Å². The first-order chi connectivity index (χ1) is 15.4. The highest BCUT2D eigenvalue weighted by molar-refractivity contribution is 5.92. The largest absolute Gasteiger partial charge is 0.444 e. The van der Waals surface area contributed by atoms with Gasteiger partial charge in [0, 0.05) is 11.6 Å². The van der Waals surface area contributed by atoms with Crippen LogP contribution in [0.4, 0.5) is 4.79 Å². The van der Waals surface area contributed by atoms with Crippen molar-refractivity contribution in [1.82, 2.24) is 15.5 Å². The van der Waals surface area contributed by atoms with Gasteiger partial charge in [0.05, 0.1) is 6.07 Å². The van der Waals surface area contributed by atoms with E-state index in [-0.39, 0.29) is 12.6 Å². The number of carbonyl (C=O) groups is 3. The van der Waals surface area contributed by atoms with Crippen molar-refractivity contribution in [2.45, 2.75) is 78.1 Å². The minimum atomic E-state index is -1.08. The van der Waals surface area contributed by atoms with E-state index in [4.69, 9.17) is 11.2 Å². The van der Waals surface area contributed by atoms with E-state index in [2.05, 4.69) is 16.6 Å². The van der Waals surface area contributed by atoms with Crippen LogP contribution in [-0.4, -0.2) is 47.0 Å². The molecular formula is C25H34N4O4. The van der Waals surface area contributed by atoms with Gasteiger partial charge in [-0.15, -0.1) is 6.42 Å². The third kappa shape index (κ3) is 8.86. The molecule has 8 heteroatoms. The molecule has 0 heterocycles. The Morgan fingerprint density at radius 2 is 1.76 bits per heavy atom. The Kier molecular flexibility index (Phi) is 10.4. The smallest absolute Gasteiger partial charge is 0.408 e. The van der Waals surface area contributed by atoms with E-state index in [1.54, 1.807) is 45.0 Å². The zero-order chi connectivity index (χ0) is 25.2. The van der Waals surface area contributed by atoms with Crippen molar-refractivity contribution in [3.63, 3.8) is 0 Å². The van der Waals surface area contributed by atoms with Crippen molar-refractivity contribution in [1.29, 1.82) is 5.26 Å². The van der Waals surface area contributed by atoms with Crippen LogP contribution in [0.25, 0.3) is 0 Å². The molecular weight excluding hydrogens is 420 g/mol. The maximum absolute atomic E-state index is 13.3. The van der Waals surface area contributed by atoms with E-state index >= 15 is 0 Å². The molecule has 0 aliphatic heterocycles. The van der Waals surface area contributed by atoms with Crippen LogP contribution in [0.3, 0.4) is 0 Å². The van der Waals surface area contributed by atoms with Gasteiger partial charge < -0.3 is 20.3 Å². The highest BCUT2D eigenvalue weighted by atomic mass is 16.6. The Labute approximate surface area is 196 Å². The van der Waals surface area contributed by atoms with Gasteiger partial charge in [-0.25, -0.2) is 4.79 Å². The molecule has 0 aromatic heterocycles. The molecule has 0 bridgehead atoms. The topological polar surface area (TPSA) is 112 Å². The van der Waals surface area contributed by atoms with Crippen molar-refractivity contribution in [3.05, 3.63) is 35.4 Å². The van der Waals surface area contributed by atoms with Crippen molar-refractivity contribution in [2.24, 2.45) is 0 Å². The lowest BCUT2D eigenvalue weighted by atomic mass is 10.0. The minimum absolute atomic E-state index is 0.119. The summed E-state index contributed by atoms with van der Waals surface area (Å²) in [5, 5.41) is 14.8. The van der Waals surface area contributed by atoms with E-state index in [9.17, 15) is 19.6 Å². The second-order valence-corrected chi connectivity index (χ2v) is 8.86. The molecule has 0 saturated carbocycles. The molecule has 0 spiro atoms. The molecule has 178 valence electrons. The van der Waals surface area contributed by atoms with Crippen LogP contribution in [0.1, 0.15) is 71.6 Å². The fraction of sp³-hybridized carbons (Fsp3) is 0.520. The Hall–Kier alpha value is -3.52. The summed E-state index contributed by atoms with van der Waals surface area (Å²) in [5.41, 5.74) is 0.383. The summed E-state index contributed by atoms with van der Waals surface area (Å²) in [5.74, 6) is 1.50. The third-order valence-corrected chi connectivity index (χ3v) is 4.69. The molecule has 3 unspecified atom stereocenters. The highest BCUT2D eigenvalue weighted by Crippen LogP contribution is 2.23. The van der Waals surface area contributed by atoms with Crippen LogP contribution in [-0.2, 0) is 14.3 Å². The molecule has 2 N–H and O–H groups in total. The van der Waals surface area contributed by atoms with Crippen LogP contribution in [0.5, 0.6) is 0 Å². The first-order valence-electron chi connectivity index (χ1n) is 11.0. The second kappa shape index (κ2) is 12.5. The van der Waals surface area contributed by atoms with Crippen LogP contribution in [0.15, 0.2) is 24.3 Å². The Morgan fingerprint density at radius 1 is 1.15 bits per heavy atom.